The van der Waals surface area contributed by atoms with E-state index in [2.05, 4.69) is 37.8 Å². The van der Waals surface area contributed by atoms with Crippen LogP contribution in [0.25, 0.3) is 0 Å². The van der Waals surface area contributed by atoms with Crippen LogP contribution in [0.2, 0.25) is 0 Å². The third-order valence-electron chi connectivity index (χ3n) is 3.49. The average molecular weight is 262 g/mol. The van der Waals surface area contributed by atoms with E-state index >= 15 is 0 Å². The third kappa shape index (κ3) is 4.05. The number of nitrogens with two attached hydrogens (primary N) is 1. The molecule has 0 unspecified atom stereocenters. The van der Waals surface area contributed by atoms with Crippen molar-refractivity contribution < 1.29 is 4.74 Å². The minimum absolute atomic E-state index is 0.487. The maximum absolute atomic E-state index is 6.01. The molecule has 3 nitrogen and oxygen atoms in total. The fourth-order valence-electron chi connectivity index (χ4n) is 2.27. The van der Waals surface area contributed by atoms with Gasteiger partial charge in [-0.05, 0) is 45.1 Å². The Hall–Kier alpha value is -1.38. The zero-order valence-corrected chi connectivity index (χ0v) is 12.4. The van der Waals surface area contributed by atoms with Gasteiger partial charge < -0.3 is 15.4 Å². The summed E-state index contributed by atoms with van der Waals surface area (Å²) in [6.07, 6.45) is 3.75. The smallest absolute Gasteiger partial charge is 0.123 e. The minimum Gasteiger partial charge on any atom is -0.493 e. The van der Waals surface area contributed by atoms with Crippen LogP contribution >= 0.6 is 0 Å². The second-order valence-electron chi connectivity index (χ2n) is 5.80. The molecule has 1 aromatic carbocycles. The van der Waals surface area contributed by atoms with Gasteiger partial charge in [0.15, 0.2) is 0 Å². The fraction of sp³-hybridized carbons (Fsp3) is 0.625. The Morgan fingerprint density at radius 3 is 2.63 bits per heavy atom. The molecule has 19 heavy (non-hydrogen) atoms. The van der Waals surface area contributed by atoms with Gasteiger partial charge in [-0.2, -0.15) is 0 Å². The highest BCUT2D eigenvalue weighted by Gasteiger charge is 2.26. The fourth-order valence-corrected chi connectivity index (χ4v) is 2.27. The van der Waals surface area contributed by atoms with Crippen LogP contribution in [0.4, 0.5) is 11.4 Å². The lowest BCUT2D eigenvalue weighted by atomic mass is 10.2. The summed E-state index contributed by atoms with van der Waals surface area (Å²) in [6.45, 7) is 8.46. The van der Waals surface area contributed by atoms with E-state index in [0.717, 1.165) is 36.9 Å². The van der Waals surface area contributed by atoms with Gasteiger partial charge in [-0.15, -0.1) is 0 Å². The number of benzene rings is 1. The van der Waals surface area contributed by atoms with Crippen molar-refractivity contribution >= 4 is 11.4 Å². The van der Waals surface area contributed by atoms with Crippen LogP contribution in [-0.2, 0) is 0 Å². The molecule has 0 heterocycles. The largest absolute Gasteiger partial charge is 0.493 e. The maximum atomic E-state index is 6.01. The highest BCUT2D eigenvalue weighted by atomic mass is 16.5. The summed E-state index contributed by atoms with van der Waals surface area (Å²) in [4.78, 5) is 2.44. The summed E-state index contributed by atoms with van der Waals surface area (Å²) in [5.41, 5.74) is 7.98. The molecule has 0 aliphatic heterocycles. The Labute approximate surface area is 116 Å². The van der Waals surface area contributed by atoms with E-state index in [1.165, 1.54) is 18.5 Å². The molecular weight excluding hydrogens is 236 g/mol. The summed E-state index contributed by atoms with van der Waals surface area (Å²) in [6, 6.07) is 6.58. The zero-order valence-electron chi connectivity index (χ0n) is 12.4. The molecule has 0 bridgehead atoms. The van der Waals surface area contributed by atoms with Crippen molar-refractivity contribution in [1.29, 1.82) is 0 Å². The Bertz CT molecular complexity index is 413. The highest BCUT2D eigenvalue weighted by molar-refractivity contribution is 5.61. The van der Waals surface area contributed by atoms with Gasteiger partial charge in [0.05, 0.1) is 6.61 Å². The molecule has 2 N–H and O–H groups in total. The zero-order chi connectivity index (χ0) is 13.8. The van der Waals surface area contributed by atoms with Gasteiger partial charge >= 0.3 is 0 Å². The first kappa shape index (κ1) is 14.0. The van der Waals surface area contributed by atoms with E-state index in [9.17, 15) is 0 Å². The topological polar surface area (TPSA) is 38.5 Å². The summed E-state index contributed by atoms with van der Waals surface area (Å²) < 4.78 is 5.72. The minimum atomic E-state index is 0.487. The number of anilines is 2. The number of hydrogen-bond acceptors (Lipinski definition) is 3. The molecule has 0 aromatic heterocycles. The first-order valence-electron chi connectivity index (χ1n) is 7.40. The molecule has 1 saturated carbocycles. The second-order valence-corrected chi connectivity index (χ2v) is 5.80. The van der Waals surface area contributed by atoms with Crippen LogP contribution in [0.15, 0.2) is 18.2 Å². The number of nitrogens with zero attached hydrogens (tertiary/aromatic N) is 1. The normalized spacial score (nSPS) is 14.7. The number of ether oxygens (including phenoxy) is 1. The summed E-state index contributed by atoms with van der Waals surface area (Å²) in [7, 11) is 0. The Morgan fingerprint density at radius 2 is 2.05 bits per heavy atom. The Balaban J connectivity index is 2.17. The van der Waals surface area contributed by atoms with Gasteiger partial charge in [0.1, 0.15) is 5.75 Å². The standard InChI is InChI=1S/C16H26N2O/c1-4-7-19-16-9-14(17)8-15(10-16)18(12(2)3)11-13-5-6-13/h8-10,12-13H,4-7,11,17H2,1-3H3. The molecule has 0 radical (unpaired) electrons. The second kappa shape index (κ2) is 6.18. The molecule has 0 atom stereocenters. The summed E-state index contributed by atoms with van der Waals surface area (Å²) >= 11 is 0. The monoisotopic (exact) mass is 262 g/mol. The van der Waals surface area contributed by atoms with E-state index in [0.29, 0.717) is 6.04 Å². The van der Waals surface area contributed by atoms with Crippen LogP contribution in [0.3, 0.4) is 0 Å². The van der Waals surface area contributed by atoms with Crippen molar-refractivity contribution in [1.82, 2.24) is 0 Å². The quantitative estimate of drug-likeness (QED) is 0.762. The molecule has 3 heteroatoms. The molecule has 0 saturated heterocycles. The van der Waals surface area contributed by atoms with E-state index in [-0.39, 0.29) is 0 Å². The predicted octanol–water partition coefficient (Wildman–Crippen LogP) is 3.68. The van der Waals surface area contributed by atoms with Crippen LogP contribution in [-0.4, -0.2) is 19.2 Å². The molecule has 1 aromatic rings. The van der Waals surface area contributed by atoms with Gasteiger partial charge in [-0.1, -0.05) is 6.92 Å². The highest BCUT2D eigenvalue weighted by Crippen LogP contribution is 2.34. The molecule has 2 rings (SSSR count). The van der Waals surface area contributed by atoms with Gasteiger partial charge in [0.2, 0.25) is 0 Å². The first-order valence-corrected chi connectivity index (χ1v) is 7.40. The van der Waals surface area contributed by atoms with E-state index < -0.39 is 0 Å². The molecular formula is C16H26N2O. The van der Waals surface area contributed by atoms with Gasteiger partial charge in [0.25, 0.3) is 0 Å². The first-order chi connectivity index (χ1) is 9.10. The van der Waals surface area contributed by atoms with Gasteiger partial charge in [0, 0.05) is 36.1 Å². The lowest BCUT2D eigenvalue weighted by Crippen LogP contribution is -2.32. The summed E-state index contributed by atoms with van der Waals surface area (Å²) in [5, 5.41) is 0. The van der Waals surface area contributed by atoms with Crippen molar-refractivity contribution in [2.24, 2.45) is 5.92 Å². The maximum Gasteiger partial charge on any atom is 0.123 e. The van der Waals surface area contributed by atoms with Crippen molar-refractivity contribution in [3.8, 4) is 5.75 Å². The van der Waals surface area contributed by atoms with E-state index in [1.807, 2.05) is 6.07 Å². The third-order valence-corrected chi connectivity index (χ3v) is 3.49. The van der Waals surface area contributed by atoms with Crippen LogP contribution < -0.4 is 15.4 Å². The average Bonchev–Trinajstić information content (AvgIpc) is 3.16. The van der Waals surface area contributed by atoms with Crippen LogP contribution in [0.1, 0.15) is 40.0 Å². The molecule has 1 aliphatic carbocycles. The number of hydrogen-bond donors (Lipinski definition) is 1. The van der Waals surface area contributed by atoms with Crippen LogP contribution in [0.5, 0.6) is 5.75 Å². The predicted molar refractivity (Wildman–Crippen MR) is 81.8 cm³/mol. The van der Waals surface area contributed by atoms with Crippen molar-refractivity contribution in [3.05, 3.63) is 18.2 Å². The Morgan fingerprint density at radius 1 is 1.32 bits per heavy atom. The van der Waals surface area contributed by atoms with E-state index in [4.69, 9.17) is 10.5 Å². The molecule has 1 aliphatic rings. The van der Waals surface area contributed by atoms with Crippen molar-refractivity contribution in [2.45, 2.75) is 46.1 Å². The lowest BCUT2D eigenvalue weighted by molar-refractivity contribution is 0.317. The molecule has 0 spiro atoms. The van der Waals surface area contributed by atoms with Crippen LogP contribution in [0, 0.1) is 5.92 Å². The Kier molecular flexibility index (Phi) is 4.56. The van der Waals surface area contributed by atoms with Crippen molar-refractivity contribution in [3.63, 3.8) is 0 Å². The molecule has 106 valence electrons. The van der Waals surface area contributed by atoms with E-state index in [1.54, 1.807) is 0 Å². The van der Waals surface area contributed by atoms with Crippen molar-refractivity contribution in [2.75, 3.05) is 23.8 Å². The number of nitrogen functional groups attached to an aromatic ring is 1. The molecule has 0 amide bonds. The SMILES string of the molecule is CCCOc1cc(N)cc(N(CC2CC2)C(C)C)c1. The number of rotatable bonds is 7. The van der Waals surface area contributed by atoms with Gasteiger partial charge in [-0.25, -0.2) is 0 Å². The van der Waals surface area contributed by atoms with Gasteiger partial charge in [-0.3, -0.25) is 0 Å². The summed E-state index contributed by atoms with van der Waals surface area (Å²) in [5.74, 6) is 1.75. The lowest BCUT2D eigenvalue weighted by Gasteiger charge is -2.29. The molecule has 1 fully saturated rings.